The molecule has 0 aromatic heterocycles. The zero-order chi connectivity index (χ0) is 16.0. The molecule has 0 radical (unpaired) electrons. The molecule has 0 unspecified atom stereocenters. The maximum Gasteiger partial charge on any atom is 0.305 e. The largest absolute Gasteiger partial charge is 0.496 e. The van der Waals surface area contributed by atoms with Gasteiger partial charge in [-0.1, -0.05) is 11.6 Å². The van der Waals surface area contributed by atoms with Crippen LogP contribution in [0.3, 0.4) is 0 Å². The molecule has 6 heteroatoms. The molecule has 0 fully saturated rings. The van der Waals surface area contributed by atoms with E-state index in [0.29, 0.717) is 16.3 Å². The number of nitrogens with zero attached hydrogens (tertiary/aromatic N) is 1. The molecule has 0 atom stereocenters. The van der Waals surface area contributed by atoms with E-state index < -0.39 is 5.97 Å². The first-order valence-corrected chi connectivity index (χ1v) is 7.06. The molecular formula is C15H20ClNO4. The average molecular weight is 314 g/mol. The lowest BCUT2D eigenvalue weighted by atomic mass is 10.1. The van der Waals surface area contributed by atoms with Gasteiger partial charge in [0.2, 0.25) is 5.91 Å². The molecule has 1 aromatic carbocycles. The van der Waals surface area contributed by atoms with E-state index in [1.165, 1.54) is 7.11 Å². The summed E-state index contributed by atoms with van der Waals surface area (Å²) < 4.78 is 5.22. The normalized spacial score (nSPS) is 10.5. The number of carbonyl (C=O) groups excluding carboxylic acids is 1. The van der Waals surface area contributed by atoms with Crippen molar-refractivity contribution in [3.8, 4) is 5.75 Å². The molecule has 1 amide bonds. The summed E-state index contributed by atoms with van der Waals surface area (Å²) in [5, 5.41) is 9.29. The Hall–Kier alpha value is -1.75. The van der Waals surface area contributed by atoms with Crippen molar-refractivity contribution in [3.05, 3.63) is 28.8 Å². The Morgan fingerprint density at radius 1 is 1.38 bits per heavy atom. The van der Waals surface area contributed by atoms with E-state index in [2.05, 4.69) is 0 Å². The van der Waals surface area contributed by atoms with Crippen LogP contribution in [0.25, 0.3) is 0 Å². The standard InChI is InChI=1S/C15H20ClNO4/c1-10(2)17(7-6-15(19)20)14(18)9-11-8-12(16)4-5-13(11)21-3/h4-5,8,10H,6-7,9H2,1-3H3,(H,19,20). The van der Waals surface area contributed by atoms with Crippen molar-refractivity contribution in [1.29, 1.82) is 0 Å². The van der Waals surface area contributed by atoms with Crippen LogP contribution in [0.4, 0.5) is 0 Å². The fourth-order valence-corrected chi connectivity index (χ4v) is 2.23. The first-order chi connectivity index (χ1) is 9.85. The molecule has 0 heterocycles. The van der Waals surface area contributed by atoms with Crippen molar-refractivity contribution in [2.45, 2.75) is 32.7 Å². The summed E-state index contributed by atoms with van der Waals surface area (Å²) in [6.45, 7) is 3.90. The number of carboxylic acid groups (broad SMARTS) is 1. The Bertz CT molecular complexity index is 516. The Morgan fingerprint density at radius 3 is 2.57 bits per heavy atom. The van der Waals surface area contributed by atoms with Crippen LogP contribution in [0.1, 0.15) is 25.8 Å². The Kier molecular flexibility index (Phi) is 6.49. The van der Waals surface area contributed by atoms with Crippen LogP contribution < -0.4 is 4.74 Å². The van der Waals surface area contributed by atoms with Crippen molar-refractivity contribution in [3.63, 3.8) is 0 Å². The number of hydrogen-bond acceptors (Lipinski definition) is 3. The minimum absolute atomic E-state index is 0.0676. The predicted octanol–water partition coefficient (Wildman–Crippen LogP) is 2.60. The second-order valence-electron chi connectivity index (χ2n) is 4.96. The van der Waals surface area contributed by atoms with Gasteiger partial charge < -0.3 is 14.7 Å². The van der Waals surface area contributed by atoms with Gasteiger partial charge in [-0.05, 0) is 32.0 Å². The molecule has 0 bridgehead atoms. The summed E-state index contributed by atoms with van der Waals surface area (Å²) in [4.78, 5) is 24.6. The molecule has 0 saturated heterocycles. The molecule has 0 spiro atoms. The third-order valence-electron chi connectivity index (χ3n) is 3.09. The van der Waals surface area contributed by atoms with E-state index in [1.54, 1.807) is 23.1 Å². The SMILES string of the molecule is COc1ccc(Cl)cc1CC(=O)N(CCC(=O)O)C(C)C. The number of carboxylic acids is 1. The van der Waals surface area contributed by atoms with E-state index in [-0.39, 0.29) is 31.3 Å². The molecule has 0 aliphatic rings. The van der Waals surface area contributed by atoms with Gasteiger partial charge in [-0.15, -0.1) is 0 Å². The molecule has 0 saturated carbocycles. The van der Waals surface area contributed by atoms with Gasteiger partial charge in [0, 0.05) is 23.2 Å². The van der Waals surface area contributed by atoms with Crippen LogP contribution in [0.5, 0.6) is 5.75 Å². The monoisotopic (exact) mass is 313 g/mol. The third-order valence-corrected chi connectivity index (χ3v) is 3.33. The summed E-state index contributed by atoms with van der Waals surface area (Å²) in [6, 6.07) is 5.02. The number of rotatable bonds is 7. The zero-order valence-electron chi connectivity index (χ0n) is 12.4. The molecule has 1 rings (SSSR count). The maximum atomic E-state index is 12.4. The highest BCUT2D eigenvalue weighted by Gasteiger charge is 2.19. The lowest BCUT2D eigenvalue weighted by Gasteiger charge is -2.26. The van der Waals surface area contributed by atoms with E-state index >= 15 is 0 Å². The van der Waals surface area contributed by atoms with E-state index in [0.717, 1.165) is 0 Å². The highest BCUT2D eigenvalue weighted by Crippen LogP contribution is 2.23. The van der Waals surface area contributed by atoms with Gasteiger partial charge in [0.05, 0.1) is 20.0 Å². The van der Waals surface area contributed by atoms with Crippen LogP contribution in [0, 0.1) is 0 Å². The van der Waals surface area contributed by atoms with Gasteiger partial charge in [0.15, 0.2) is 0 Å². The topological polar surface area (TPSA) is 66.8 Å². The molecule has 1 aromatic rings. The summed E-state index contributed by atoms with van der Waals surface area (Å²) in [5.74, 6) is -0.477. The zero-order valence-corrected chi connectivity index (χ0v) is 13.2. The van der Waals surface area contributed by atoms with Crippen molar-refractivity contribution in [1.82, 2.24) is 4.90 Å². The number of benzene rings is 1. The van der Waals surface area contributed by atoms with E-state index in [4.69, 9.17) is 21.4 Å². The summed E-state index contributed by atoms with van der Waals surface area (Å²) in [6.07, 6.45) is 0.0537. The average Bonchev–Trinajstić information content (AvgIpc) is 2.38. The smallest absolute Gasteiger partial charge is 0.305 e. The Labute approximate surface area is 129 Å². The molecular weight excluding hydrogens is 294 g/mol. The minimum Gasteiger partial charge on any atom is -0.496 e. The van der Waals surface area contributed by atoms with Crippen molar-refractivity contribution >= 4 is 23.5 Å². The van der Waals surface area contributed by atoms with Crippen LogP contribution in [-0.2, 0) is 16.0 Å². The number of amides is 1. The first-order valence-electron chi connectivity index (χ1n) is 6.68. The summed E-state index contributed by atoms with van der Waals surface area (Å²) in [7, 11) is 1.53. The number of carbonyl (C=O) groups is 2. The molecule has 21 heavy (non-hydrogen) atoms. The number of methoxy groups -OCH3 is 1. The second kappa shape index (κ2) is 7.88. The van der Waals surface area contributed by atoms with Gasteiger partial charge in [-0.25, -0.2) is 0 Å². The molecule has 1 N–H and O–H groups in total. The quantitative estimate of drug-likeness (QED) is 0.840. The van der Waals surface area contributed by atoms with Gasteiger partial charge in [0.25, 0.3) is 0 Å². The first kappa shape index (κ1) is 17.3. The van der Waals surface area contributed by atoms with Crippen LogP contribution in [0.15, 0.2) is 18.2 Å². The van der Waals surface area contributed by atoms with Crippen LogP contribution in [-0.4, -0.2) is 41.6 Å². The van der Waals surface area contributed by atoms with Gasteiger partial charge in [-0.3, -0.25) is 9.59 Å². The Balaban J connectivity index is 2.86. The maximum absolute atomic E-state index is 12.4. The van der Waals surface area contributed by atoms with Gasteiger partial charge in [0.1, 0.15) is 5.75 Å². The third kappa shape index (κ3) is 5.27. The summed E-state index contributed by atoms with van der Waals surface area (Å²) in [5.41, 5.74) is 0.691. The predicted molar refractivity (Wildman–Crippen MR) is 80.8 cm³/mol. The van der Waals surface area contributed by atoms with E-state index in [1.807, 2.05) is 13.8 Å². The van der Waals surface area contributed by atoms with Crippen LogP contribution >= 0.6 is 11.6 Å². The number of halogens is 1. The highest BCUT2D eigenvalue weighted by molar-refractivity contribution is 6.30. The molecule has 0 aliphatic heterocycles. The van der Waals surface area contributed by atoms with Crippen molar-refractivity contribution in [2.75, 3.05) is 13.7 Å². The van der Waals surface area contributed by atoms with Crippen molar-refractivity contribution in [2.24, 2.45) is 0 Å². The van der Waals surface area contributed by atoms with Gasteiger partial charge >= 0.3 is 5.97 Å². The fraction of sp³-hybridized carbons (Fsp3) is 0.467. The highest BCUT2D eigenvalue weighted by atomic mass is 35.5. The number of ether oxygens (including phenoxy) is 1. The van der Waals surface area contributed by atoms with Gasteiger partial charge in [-0.2, -0.15) is 0 Å². The van der Waals surface area contributed by atoms with E-state index in [9.17, 15) is 9.59 Å². The fourth-order valence-electron chi connectivity index (χ4n) is 2.04. The molecule has 5 nitrogen and oxygen atoms in total. The molecule has 116 valence electrons. The second-order valence-corrected chi connectivity index (χ2v) is 5.39. The van der Waals surface area contributed by atoms with Crippen molar-refractivity contribution < 1.29 is 19.4 Å². The summed E-state index contributed by atoms with van der Waals surface area (Å²) >= 11 is 5.94. The Morgan fingerprint density at radius 2 is 2.05 bits per heavy atom. The lowest BCUT2D eigenvalue weighted by molar-refractivity contribution is -0.139. The molecule has 0 aliphatic carbocycles. The number of hydrogen-bond donors (Lipinski definition) is 1. The lowest BCUT2D eigenvalue weighted by Crippen LogP contribution is -2.39. The minimum atomic E-state index is -0.922. The number of aliphatic carboxylic acids is 1. The van der Waals surface area contributed by atoms with Crippen LogP contribution in [0.2, 0.25) is 5.02 Å².